The average molecular weight is 290 g/mol. The number of carbonyl (C=O) groups is 2. The topological polar surface area (TPSA) is 109 Å². The van der Waals surface area contributed by atoms with Crippen molar-refractivity contribution in [3.8, 4) is 11.4 Å². The fourth-order valence-corrected chi connectivity index (χ4v) is 1.67. The second-order valence-corrected chi connectivity index (χ2v) is 4.39. The number of carbonyl (C=O) groups excluding carboxylic acids is 1. The number of amides is 1. The molecule has 0 saturated carbocycles. The van der Waals surface area contributed by atoms with Gasteiger partial charge in [-0.1, -0.05) is 5.16 Å². The molecule has 0 radical (unpaired) electrons. The quantitative estimate of drug-likeness (QED) is 0.829. The van der Waals surface area contributed by atoms with Crippen LogP contribution in [0.3, 0.4) is 0 Å². The molecular weight excluding hydrogens is 276 g/mol. The lowest BCUT2D eigenvalue weighted by atomic mass is 10.2. The van der Waals surface area contributed by atoms with Crippen molar-refractivity contribution in [2.45, 2.75) is 12.8 Å². The van der Waals surface area contributed by atoms with E-state index < -0.39 is 5.97 Å². The number of rotatable bonds is 6. The molecule has 1 N–H and O–H groups in total. The van der Waals surface area contributed by atoms with Crippen LogP contribution in [0, 0.1) is 0 Å². The van der Waals surface area contributed by atoms with Crippen LogP contribution < -0.4 is 0 Å². The Bertz CT molecular complexity index is 626. The SMILES string of the molecule is CN(CC(=O)O)C(=O)CCc1nc(-c2ccncc2)no1. The van der Waals surface area contributed by atoms with E-state index in [2.05, 4.69) is 15.1 Å². The Hall–Kier alpha value is -2.77. The largest absolute Gasteiger partial charge is 0.480 e. The molecule has 110 valence electrons. The summed E-state index contributed by atoms with van der Waals surface area (Å²) in [4.78, 5) is 31.4. The van der Waals surface area contributed by atoms with Gasteiger partial charge < -0.3 is 14.5 Å². The van der Waals surface area contributed by atoms with Crippen LogP contribution in [-0.2, 0) is 16.0 Å². The van der Waals surface area contributed by atoms with E-state index in [4.69, 9.17) is 9.63 Å². The van der Waals surface area contributed by atoms with E-state index in [9.17, 15) is 9.59 Å². The molecule has 0 unspecified atom stereocenters. The summed E-state index contributed by atoms with van der Waals surface area (Å²) in [5.74, 6) is -0.581. The second kappa shape index (κ2) is 6.60. The first-order valence-electron chi connectivity index (χ1n) is 6.25. The molecule has 8 heteroatoms. The summed E-state index contributed by atoms with van der Waals surface area (Å²) in [6, 6.07) is 3.50. The van der Waals surface area contributed by atoms with Crippen LogP contribution in [0.5, 0.6) is 0 Å². The van der Waals surface area contributed by atoms with Crippen LogP contribution in [0.1, 0.15) is 12.3 Å². The maximum absolute atomic E-state index is 11.7. The van der Waals surface area contributed by atoms with Crippen LogP contribution in [0.2, 0.25) is 0 Å². The highest BCUT2D eigenvalue weighted by molar-refractivity contribution is 5.81. The third-order valence-electron chi connectivity index (χ3n) is 2.76. The lowest BCUT2D eigenvalue weighted by molar-refractivity contribution is -0.143. The molecule has 0 fully saturated rings. The molecule has 0 aliphatic heterocycles. The predicted octanol–water partition coefficient (Wildman–Crippen LogP) is 0.607. The molecule has 8 nitrogen and oxygen atoms in total. The summed E-state index contributed by atoms with van der Waals surface area (Å²) in [6.45, 7) is -0.328. The standard InChI is InChI=1S/C13H14N4O4/c1-17(8-12(19)20)11(18)3-2-10-15-13(16-21-10)9-4-6-14-7-5-9/h4-7H,2-3,8H2,1H3,(H,19,20). The molecule has 0 bridgehead atoms. The molecule has 2 aromatic rings. The number of aryl methyl sites for hydroxylation is 1. The minimum Gasteiger partial charge on any atom is -0.480 e. The molecule has 2 heterocycles. The minimum atomic E-state index is -1.05. The van der Waals surface area contributed by atoms with E-state index in [1.807, 2.05) is 0 Å². The van der Waals surface area contributed by atoms with Crippen molar-refractivity contribution < 1.29 is 19.2 Å². The lowest BCUT2D eigenvalue weighted by Crippen LogP contribution is -2.32. The van der Waals surface area contributed by atoms with Gasteiger partial charge in [-0.3, -0.25) is 14.6 Å². The number of pyridine rings is 1. The molecule has 0 spiro atoms. The van der Waals surface area contributed by atoms with E-state index >= 15 is 0 Å². The van der Waals surface area contributed by atoms with Crippen molar-refractivity contribution >= 4 is 11.9 Å². The monoisotopic (exact) mass is 290 g/mol. The van der Waals surface area contributed by atoms with Crippen molar-refractivity contribution in [2.75, 3.05) is 13.6 Å². The normalized spacial score (nSPS) is 10.3. The molecule has 0 aliphatic rings. The van der Waals surface area contributed by atoms with E-state index in [-0.39, 0.29) is 25.3 Å². The molecule has 0 atom stereocenters. The first-order chi connectivity index (χ1) is 10.1. The van der Waals surface area contributed by atoms with E-state index in [1.165, 1.54) is 7.05 Å². The van der Waals surface area contributed by atoms with Gasteiger partial charge in [0.05, 0.1) is 0 Å². The second-order valence-electron chi connectivity index (χ2n) is 4.39. The van der Waals surface area contributed by atoms with Crippen LogP contribution in [0.25, 0.3) is 11.4 Å². The molecule has 21 heavy (non-hydrogen) atoms. The Kier molecular flexibility index (Phi) is 4.60. The van der Waals surface area contributed by atoms with Gasteiger partial charge in [-0.15, -0.1) is 0 Å². The number of aliphatic carboxylic acids is 1. The smallest absolute Gasteiger partial charge is 0.323 e. The Balaban J connectivity index is 1.91. The zero-order chi connectivity index (χ0) is 15.2. The fraction of sp³-hybridized carbons (Fsp3) is 0.308. The number of hydrogen-bond donors (Lipinski definition) is 1. The van der Waals surface area contributed by atoms with Crippen molar-refractivity contribution in [3.05, 3.63) is 30.4 Å². The van der Waals surface area contributed by atoms with Gasteiger partial charge >= 0.3 is 5.97 Å². The number of likely N-dealkylation sites (N-methyl/N-ethyl adjacent to an activating group) is 1. The zero-order valence-electron chi connectivity index (χ0n) is 11.4. The van der Waals surface area contributed by atoms with E-state index in [0.717, 1.165) is 10.5 Å². The Labute approximate surface area is 120 Å². The first kappa shape index (κ1) is 14.6. The maximum atomic E-state index is 11.7. The van der Waals surface area contributed by atoms with Crippen LogP contribution in [0.15, 0.2) is 29.0 Å². The van der Waals surface area contributed by atoms with Crippen molar-refractivity contribution in [3.63, 3.8) is 0 Å². The summed E-state index contributed by atoms with van der Waals surface area (Å²) >= 11 is 0. The summed E-state index contributed by atoms with van der Waals surface area (Å²) in [7, 11) is 1.44. The molecule has 2 rings (SSSR count). The summed E-state index contributed by atoms with van der Waals surface area (Å²) in [5.41, 5.74) is 0.773. The number of aromatic nitrogens is 3. The van der Waals surface area contributed by atoms with Crippen LogP contribution in [-0.4, -0.2) is 50.6 Å². The van der Waals surface area contributed by atoms with Gasteiger partial charge in [0.15, 0.2) is 0 Å². The summed E-state index contributed by atoms with van der Waals surface area (Å²) in [6.07, 6.45) is 3.62. The number of hydrogen-bond acceptors (Lipinski definition) is 6. The third-order valence-corrected chi connectivity index (χ3v) is 2.76. The summed E-state index contributed by atoms with van der Waals surface area (Å²) < 4.78 is 5.06. The van der Waals surface area contributed by atoms with Crippen molar-refractivity contribution in [2.24, 2.45) is 0 Å². The highest BCUT2D eigenvalue weighted by Crippen LogP contribution is 2.14. The van der Waals surface area contributed by atoms with Gasteiger partial charge in [0, 0.05) is 37.8 Å². The molecule has 0 aliphatic carbocycles. The van der Waals surface area contributed by atoms with Crippen molar-refractivity contribution in [1.29, 1.82) is 0 Å². The van der Waals surface area contributed by atoms with Gasteiger partial charge in [0.25, 0.3) is 0 Å². The molecular formula is C13H14N4O4. The highest BCUT2D eigenvalue weighted by Gasteiger charge is 2.14. The summed E-state index contributed by atoms with van der Waals surface area (Å²) in [5, 5.41) is 12.4. The number of carboxylic acids is 1. The highest BCUT2D eigenvalue weighted by atomic mass is 16.5. The molecule has 0 aromatic carbocycles. The van der Waals surface area contributed by atoms with Crippen molar-refractivity contribution in [1.82, 2.24) is 20.0 Å². The van der Waals surface area contributed by atoms with Gasteiger partial charge in [0.2, 0.25) is 17.6 Å². The van der Waals surface area contributed by atoms with Crippen LogP contribution in [0.4, 0.5) is 0 Å². The molecule has 0 saturated heterocycles. The zero-order valence-corrected chi connectivity index (χ0v) is 11.4. The van der Waals surface area contributed by atoms with Gasteiger partial charge in [0.1, 0.15) is 6.54 Å². The molecule has 1 amide bonds. The Morgan fingerprint density at radius 3 is 2.71 bits per heavy atom. The molecule has 2 aromatic heterocycles. The fourth-order valence-electron chi connectivity index (χ4n) is 1.67. The lowest BCUT2D eigenvalue weighted by Gasteiger charge is -2.13. The third kappa shape index (κ3) is 4.10. The van der Waals surface area contributed by atoms with Crippen LogP contribution >= 0.6 is 0 Å². The predicted molar refractivity (Wildman–Crippen MR) is 71.1 cm³/mol. The Morgan fingerprint density at radius 2 is 2.05 bits per heavy atom. The average Bonchev–Trinajstić information content (AvgIpc) is 2.94. The Morgan fingerprint density at radius 1 is 1.33 bits per heavy atom. The van der Waals surface area contributed by atoms with Gasteiger partial charge in [-0.25, -0.2) is 0 Å². The maximum Gasteiger partial charge on any atom is 0.323 e. The minimum absolute atomic E-state index is 0.113. The van der Waals surface area contributed by atoms with E-state index in [1.54, 1.807) is 24.5 Å². The number of carboxylic acid groups (broad SMARTS) is 1. The first-order valence-corrected chi connectivity index (χ1v) is 6.25. The van der Waals surface area contributed by atoms with Gasteiger partial charge in [-0.2, -0.15) is 4.98 Å². The number of nitrogens with zero attached hydrogens (tertiary/aromatic N) is 4. The van der Waals surface area contributed by atoms with Gasteiger partial charge in [-0.05, 0) is 12.1 Å². The van der Waals surface area contributed by atoms with E-state index in [0.29, 0.717) is 11.7 Å².